The molecule has 0 aliphatic heterocycles. The van der Waals surface area contributed by atoms with Crippen LogP contribution in [0.3, 0.4) is 0 Å². The average molecular weight is 247 g/mol. The maximum absolute atomic E-state index is 6.09. The molecular formula is C13H17N3S. The monoisotopic (exact) mass is 247 g/mol. The Hall–Kier alpha value is -1.16. The van der Waals surface area contributed by atoms with Crippen molar-refractivity contribution < 1.29 is 0 Å². The van der Waals surface area contributed by atoms with Gasteiger partial charge in [-0.2, -0.15) is 0 Å². The Bertz CT molecular complexity index is 568. The molecule has 2 heterocycles. The third-order valence-corrected chi connectivity index (χ3v) is 4.90. The molecule has 90 valence electrons. The first-order valence-electron chi connectivity index (χ1n) is 6.20. The van der Waals surface area contributed by atoms with Crippen molar-refractivity contribution in [3.8, 4) is 0 Å². The standard InChI is InChI=1S/C13H17N3S/c1-7-8(2)17-13-10(7)11(14)15-12(16-13)9-5-3-4-6-9/h9H,3-6H2,1-2H3,(H2,14,15,16). The first-order valence-corrected chi connectivity index (χ1v) is 7.01. The van der Waals surface area contributed by atoms with Gasteiger partial charge in [0.1, 0.15) is 16.5 Å². The van der Waals surface area contributed by atoms with Crippen molar-refractivity contribution in [2.45, 2.75) is 45.4 Å². The highest BCUT2D eigenvalue weighted by molar-refractivity contribution is 7.18. The second-order valence-corrected chi connectivity index (χ2v) is 6.12. The predicted molar refractivity (Wildman–Crippen MR) is 72.5 cm³/mol. The summed E-state index contributed by atoms with van der Waals surface area (Å²) < 4.78 is 0. The van der Waals surface area contributed by atoms with Crippen molar-refractivity contribution in [1.29, 1.82) is 0 Å². The first kappa shape index (κ1) is 11.0. The van der Waals surface area contributed by atoms with Crippen LogP contribution in [-0.2, 0) is 0 Å². The highest BCUT2D eigenvalue weighted by atomic mass is 32.1. The number of hydrogen-bond donors (Lipinski definition) is 1. The van der Waals surface area contributed by atoms with Crippen LogP contribution in [0.5, 0.6) is 0 Å². The zero-order valence-electron chi connectivity index (χ0n) is 10.3. The molecule has 1 aliphatic rings. The van der Waals surface area contributed by atoms with Crippen molar-refractivity contribution in [2.75, 3.05) is 5.73 Å². The maximum atomic E-state index is 6.09. The smallest absolute Gasteiger partial charge is 0.136 e. The number of nitrogens with zero attached hydrogens (tertiary/aromatic N) is 2. The van der Waals surface area contributed by atoms with Crippen LogP contribution >= 0.6 is 11.3 Å². The van der Waals surface area contributed by atoms with E-state index in [1.807, 2.05) is 0 Å². The van der Waals surface area contributed by atoms with Gasteiger partial charge in [-0.15, -0.1) is 11.3 Å². The number of hydrogen-bond acceptors (Lipinski definition) is 4. The molecule has 1 aliphatic carbocycles. The summed E-state index contributed by atoms with van der Waals surface area (Å²) in [5, 5.41) is 1.06. The predicted octanol–water partition coefficient (Wildman–Crippen LogP) is 3.55. The Morgan fingerprint density at radius 2 is 1.88 bits per heavy atom. The van der Waals surface area contributed by atoms with Gasteiger partial charge >= 0.3 is 0 Å². The van der Waals surface area contributed by atoms with E-state index >= 15 is 0 Å². The molecule has 0 aromatic carbocycles. The molecule has 0 atom stereocenters. The number of aromatic nitrogens is 2. The zero-order chi connectivity index (χ0) is 12.0. The summed E-state index contributed by atoms with van der Waals surface area (Å²) in [5.74, 6) is 2.16. The van der Waals surface area contributed by atoms with E-state index in [4.69, 9.17) is 10.7 Å². The summed E-state index contributed by atoms with van der Waals surface area (Å²) in [6.45, 7) is 4.22. The normalized spacial score (nSPS) is 17.1. The lowest BCUT2D eigenvalue weighted by Gasteiger charge is -2.08. The van der Waals surface area contributed by atoms with E-state index in [-0.39, 0.29) is 0 Å². The lowest BCUT2D eigenvalue weighted by Crippen LogP contribution is -2.03. The molecule has 0 radical (unpaired) electrons. The van der Waals surface area contributed by atoms with Gasteiger partial charge in [0, 0.05) is 10.8 Å². The van der Waals surface area contributed by atoms with E-state index in [1.54, 1.807) is 11.3 Å². The third-order valence-electron chi connectivity index (χ3n) is 3.79. The molecule has 2 aromatic rings. The number of fused-ring (bicyclic) bond motifs is 1. The van der Waals surface area contributed by atoms with Crippen molar-refractivity contribution in [3.63, 3.8) is 0 Å². The minimum atomic E-state index is 0.532. The summed E-state index contributed by atoms with van der Waals surface area (Å²) in [5.41, 5.74) is 7.33. The molecule has 2 aromatic heterocycles. The number of rotatable bonds is 1. The summed E-state index contributed by atoms with van der Waals surface area (Å²) in [6.07, 6.45) is 5.03. The van der Waals surface area contributed by atoms with Crippen LogP contribution in [0, 0.1) is 13.8 Å². The van der Waals surface area contributed by atoms with E-state index < -0.39 is 0 Å². The molecule has 0 spiro atoms. The number of aryl methyl sites for hydroxylation is 2. The van der Waals surface area contributed by atoms with Crippen molar-refractivity contribution >= 4 is 27.4 Å². The molecular weight excluding hydrogens is 230 g/mol. The third kappa shape index (κ3) is 1.71. The van der Waals surface area contributed by atoms with Crippen LogP contribution in [0.15, 0.2) is 0 Å². The van der Waals surface area contributed by atoms with Gasteiger partial charge < -0.3 is 5.73 Å². The quantitative estimate of drug-likeness (QED) is 0.838. The van der Waals surface area contributed by atoms with Gasteiger partial charge in [-0.3, -0.25) is 0 Å². The van der Waals surface area contributed by atoms with Gasteiger partial charge in [0.15, 0.2) is 0 Å². The second-order valence-electron chi connectivity index (χ2n) is 4.91. The Labute approximate surface area is 105 Å². The van der Waals surface area contributed by atoms with Crippen molar-refractivity contribution in [3.05, 3.63) is 16.3 Å². The first-order chi connectivity index (χ1) is 8.16. The Morgan fingerprint density at radius 1 is 1.18 bits per heavy atom. The largest absolute Gasteiger partial charge is 0.383 e. The maximum Gasteiger partial charge on any atom is 0.136 e. The molecule has 1 saturated carbocycles. The number of nitrogen functional groups attached to an aromatic ring is 1. The van der Waals surface area contributed by atoms with Crippen LogP contribution in [0.2, 0.25) is 0 Å². The number of nitrogens with two attached hydrogens (primary N) is 1. The topological polar surface area (TPSA) is 51.8 Å². The summed E-state index contributed by atoms with van der Waals surface area (Å²) in [7, 11) is 0. The second kappa shape index (κ2) is 3.95. The molecule has 3 nitrogen and oxygen atoms in total. The lowest BCUT2D eigenvalue weighted by atomic mass is 10.1. The van der Waals surface area contributed by atoms with E-state index in [9.17, 15) is 0 Å². The average Bonchev–Trinajstić information content (AvgIpc) is 2.88. The fourth-order valence-electron chi connectivity index (χ4n) is 2.66. The van der Waals surface area contributed by atoms with Gasteiger partial charge in [-0.05, 0) is 32.3 Å². The minimum absolute atomic E-state index is 0.532. The van der Waals surface area contributed by atoms with Crippen LogP contribution in [-0.4, -0.2) is 9.97 Å². The Kier molecular flexibility index (Phi) is 2.54. The van der Waals surface area contributed by atoms with Gasteiger partial charge in [-0.1, -0.05) is 12.8 Å². The molecule has 0 amide bonds. The molecule has 0 saturated heterocycles. The van der Waals surface area contributed by atoms with Crippen LogP contribution in [0.4, 0.5) is 5.82 Å². The fraction of sp³-hybridized carbons (Fsp3) is 0.538. The van der Waals surface area contributed by atoms with Crippen molar-refractivity contribution in [1.82, 2.24) is 9.97 Å². The Morgan fingerprint density at radius 3 is 2.59 bits per heavy atom. The summed E-state index contributed by atoms with van der Waals surface area (Å²) >= 11 is 1.73. The SMILES string of the molecule is Cc1sc2nc(C3CCCC3)nc(N)c2c1C. The highest BCUT2D eigenvalue weighted by Crippen LogP contribution is 2.36. The van der Waals surface area contributed by atoms with E-state index in [0.29, 0.717) is 11.7 Å². The van der Waals surface area contributed by atoms with Gasteiger partial charge in [0.25, 0.3) is 0 Å². The van der Waals surface area contributed by atoms with Gasteiger partial charge in [0.2, 0.25) is 0 Å². The molecule has 3 rings (SSSR count). The van der Waals surface area contributed by atoms with Gasteiger partial charge in [0.05, 0.1) is 5.39 Å². The van der Waals surface area contributed by atoms with Crippen LogP contribution in [0.1, 0.15) is 47.9 Å². The molecule has 2 N–H and O–H groups in total. The number of thiophene rings is 1. The van der Waals surface area contributed by atoms with Crippen LogP contribution < -0.4 is 5.73 Å². The minimum Gasteiger partial charge on any atom is -0.383 e. The summed E-state index contributed by atoms with van der Waals surface area (Å²) in [6, 6.07) is 0. The van der Waals surface area contributed by atoms with Gasteiger partial charge in [-0.25, -0.2) is 9.97 Å². The zero-order valence-corrected chi connectivity index (χ0v) is 11.1. The summed E-state index contributed by atoms with van der Waals surface area (Å²) in [4.78, 5) is 11.6. The fourth-order valence-corrected chi connectivity index (χ4v) is 3.71. The molecule has 1 fully saturated rings. The molecule has 17 heavy (non-hydrogen) atoms. The number of anilines is 1. The van der Waals surface area contributed by atoms with E-state index in [1.165, 1.54) is 36.1 Å². The molecule has 4 heteroatoms. The molecule has 0 bridgehead atoms. The molecule has 0 unspecified atom stereocenters. The highest BCUT2D eigenvalue weighted by Gasteiger charge is 2.22. The Balaban J connectivity index is 2.16. The lowest BCUT2D eigenvalue weighted by molar-refractivity contribution is 0.674. The van der Waals surface area contributed by atoms with Crippen LogP contribution in [0.25, 0.3) is 10.2 Å². The van der Waals surface area contributed by atoms with E-state index in [2.05, 4.69) is 18.8 Å². The van der Waals surface area contributed by atoms with E-state index in [0.717, 1.165) is 16.0 Å². The van der Waals surface area contributed by atoms with Crippen molar-refractivity contribution in [2.24, 2.45) is 0 Å².